The van der Waals surface area contributed by atoms with E-state index in [0.717, 1.165) is 0 Å². The molecule has 1 N–H and O–H groups in total. The van der Waals surface area contributed by atoms with Gasteiger partial charge in [0.1, 0.15) is 6.54 Å². The lowest BCUT2D eigenvalue weighted by Crippen LogP contribution is -2.43. The van der Waals surface area contributed by atoms with Crippen LogP contribution in [-0.4, -0.2) is 63.6 Å². The van der Waals surface area contributed by atoms with Gasteiger partial charge in [-0.15, -0.1) is 0 Å². The Morgan fingerprint density at radius 2 is 2.12 bits per heavy atom. The van der Waals surface area contributed by atoms with Crippen molar-refractivity contribution in [2.45, 2.75) is 12.5 Å². The molecule has 0 aromatic heterocycles. The van der Waals surface area contributed by atoms with Crippen molar-refractivity contribution >= 4 is 21.8 Å². The van der Waals surface area contributed by atoms with Crippen molar-refractivity contribution in [2.24, 2.45) is 0 Å². The van der Waals surface area contributed by atoms with Gasteiger partial charge in [0.25, 0.3) is 0 Å². The number of methoxy groups -OCH3 is 1. The third-order valence-corrected chi connectivity index (χ3v) is 4.47. The smallest absolute Gasteiger partial charge is 0.407 e. The first-order valence-corrected chi connectivity index (χ1v) is 6.96. The van der Waals surface area contributed by atoms with E-state index in [1.807, 2.05) is 0 Å². The number of alkyl carbamates (subject to hydrolysis) is 1. The van der Waals surface area contributed by atoms with Gasteiger partial charge in [-0.1, -0.05) is 0 Å². The number of nitrogens with one attached hydrogen (secondary N) is 1. The average molecular weight is 264 g/mol. The zero-order valence-corrected chi connectivity index (χ0v) is 10.6. The summed E-state index contributed by atoms with van der Waals surface area (Å²) in [5.41, 5.74) is 0. The van der Waals surface area contributed by atoms with Crippen molar-refractivity contribution in [1.29, 1.82) is 0 Å². The molecule has 1 aliphatic heterocycles. The predicted molar refractivity (Wildman–Crippen MR) is 60.2 cm³/mol. The highest BCUT2D eigenvalue weighted by atomic mass is 32.2. The summed E-state index contributed by atoms with van der Waals surface area (Å²) >= 11 is 0. The van der Waals surface area contributed by atoms with E-state index in [2.05, 4.69) is 10.1 Å². The van der Waals surface area contributed by atoms with Crippen molar-refractivity contribution in [2.75, 3.05) is 32.2 Å². The Labute approximate surface area is 100 Å². The molecule has 2 amide bonds. The van der Waals surface area contributed by atoms with Crippen molar-refractivity contribution in [3.63, 3.8) is 0 Å². The first-order valence-electron chi connectivity index (χ1n) is 5.13. The summed E-state index contributed by atoms with van der Waals surface area (Å²) < 4.78 is 26.8. The zero-order chi connectivity index (χ0) is 13.1. The van der Waals surface area contributed by atoms with Crippen LogP contribution < -0.4 is 5.32 Å². The zero-order valence-electron chi connectivity index (χ0n) is 9.80. The van der Waals surface area contributed by atoms with E-state index in [9.17, 15) is 18.0 Å². The lowest BCUT2D eigenvalue weighted by molar-refractivity contribution is -0.130. The van der Waals surface area contributed by atoms with E-state index in [4.69, 9.17) is 0 Å². The molecule has 0 radical (unpaired) electrons. The number of rotatable bonds is 3. The summed E-state index contributed by atoms with van der Waals surface area (Å²) in [7, 11) is -0.280. The van der Waals surface area contributed by atoms with Gasteiger partial charge < -0.3 is 15.0 Å². The molecule has 0 bridgehead atoms. The minimum atomic E-state index is -3.02. The number of amides is 2. The third kappa shape index (κ3) is 3.88. The van der Waals surface area contributed by atoms with Crippen molar-refractivity contribution in [1.82, 2.24) is 10.2 Å². The maximum absolute atomic E-state index is 11.6. The van der Waals surface area contributed by atoms with Gasteiger partial charge in [0.05, 0.1) is 18.6 Å². The second kappa shape index (κ2) is 5.35. The van der Waals surface area contributed by atoms with Gasteiger partial charge in [-0.3, -0.25) is 4.79 Å². The third-order valence-electron chi connectivity index (χ3n) is 2.72. The van der Waals surface area contributed by atoms with E-state index in [0.29, 0.717) is 6.42 Å². The fraction of sp³-hybridized carbons (Fsp3) is 0.778. The summed E-state index contributed by atoms with van der Waals surface area (Å²) in [5.74, 6) is -0.231. The Morgan fingerprint density at radius 3 is 2.59 bits per heavy atom. The predicted octanol–water partition coefficient (Wildman–Crippen LogP) is -1.01. The molecule has 1 fully saturated rings. The lowest BCUT2D eigenvalue weighted by atomic mass is 10.2. The van der Waals surface area contributed by atoms with Crippen LogP contribution in [0.25, 0.3) is 0 Å². The normalized spacial score (nSPS) is 21.9. The first-order chi connectivity index (χ1) is 7.85. The number of nitrogens with zero attached hydrogens (tertiary/aromatic N) is 1. The second-order valence-corrected chi connectivity index (χ2v) is 6.14. The van der Waals surface area contributed by atoms with Gasteiger partial charge in [-0.2, -0.15) is 0 Å². The second-order valence-electron chi connectivity index (χ2n) is 3.91. The fourth-order valence-electron chi connectivity index (χ4n) is 1.63. The molecule has 0 saturated carbocycles. The SMILES string of the molecule is COC(=O)NCC(=O)N(C)C1CCS(=O)(=O)C1. The maximum atomic E-state index is 11.6. The van der Waals surface area contributed by atoms with Crippen LogP contribution in [0.15, 0.2) is 0 Å². The topological polar surface area (TPSA) is 92.8 Å². The Morgan fingerprint density at radius 1 is 1.47 bits per heavy atom. The van der Waals surface area contributed by atoms with Crippen LogP contribution in [0.3, 0.4) is 0 Å². The van der Waals surface area contributed by atoms with Crippen LogP contribution in [0.2, 0.25) is 0 Å². The molecule has 7 nitrogen and oxygen atoms in total. The highest BCUT2D eigenvalue weighted by Crippen LogP contribution is 2.16. The van der Waals surface area contributed by atoms with Gasteiger partial charge >= 0.3 is 6.09 Å². The summed E-state index contributed by atoms with van der Waals surface area (Å²) in [5, 5.41) is 2.26. The van der Waals surface area contributed by atoms with Gasteiger partial charge in [-0.25, -0.2) is 13.2 Å². The highest BCUT2D eigenvalue weighted by Gasteiger charge is 2.32. The molecular formula is C9H16N2O5S. The molecule has 0 aliphatic carbocycles. The van der Waals surface area contributed by atoms with Crippen LogP contribution in [0.4, 0.5) is 4.79 Å². The molecule has 1 aliphatic rings. The minimum absolute atomic E-state index is 0.00648. The number of likely N-dealkylation sites (N-methyl/N-ethyl adjacent to an activating group) is 1. The van der Waals surface area contributed by atoms with Crippen LogP contribution in [0, 0.1) is 0 Å². The van der Waals surface area contributed by atoms with Crippen molar-refractivity contribution in [3.8, 4) is 0 Å². The van der Waals surface area contributed by atoms with Crippen LogP contribution >= 0.6 is 0 Å². The average Bonchev–Trinajstić information content (AvgIpc) is 2.64. The molecule has 0 aromatic rings. The van der Waals surface area contributed by atoms with E-state index in [1.54, 1.807) is 0 Å². The number of ether oxygens (including phenoxy) is 1. The van der Waals surface area contributed by atoms with Gasteiger partial charge in [-0.05, 0) is 6.42 Å². The molecule has 1 heterocycles. The summed E-state index contributed by atoms with van der Waals surface area (Å²) in [6, 6.07) is -0.299. The first kappa shape index (κ1) is 13.8. The monoisotopic (exact) mass is 264 g/mol. The summed E-state index contributed by atoms with van der Waals surface area (Å²) in [6.45, 7) is -0.195. The van der Waals surface area contributed by atoms with E-state index in [-0.39, 0.29) is 30.0 Å². The number of carbonyl (C=O) groups excluding carboxylic acids is 2. The Kier molecular flexibility index (Phi) is 4.33. The molecule has 17 heavy (non-hydrogen) atoms. The largest absolute Gasteiger partial charge is 0.453 e. The minimum Gasteiger partial charge on any atom is -0.453 e. The van der Waals surface area contributed by atoms with Crippen LogP contribution in [0.1, 0.15) is 6.42 Å². The van der Waals surface area contributed by atoms with Gasteiger partial charge in [0.15, 0.2) is 9.84 Å². The number of hydrogen-bond donors (Lipinski definition) is 1. The molecule has 1 saturated heterocycles. The standard InChI is InChI=1S/C9H16N2O5S/c1-11(7-3-4-17(14,15)6-7)8(12)5-10-9(13)16-2/h7H,3-6H2,1-2H3,(H,10,13). The number of hydrogen-bond acceptors (Lipinski definition) is 5. The van der Waals surface area contributed by atoms with Crippen molar-refractivity contribution in [3.05, 3.63) is 0 Å². The van der Waals surface area contributed by atoms with Crippen LogP contribution in [0.5, 0.6) is 0 Å². The van der Waals surface area contributed by atoms with Crippen molar-refractivity contribution < 1.29 is 22.7 Å². The van der Waals surface area contributed by atoms with Crippen LogP contribution in [-0.2, 0) is 19.4 Å². The summed E-state index contributed by atoms with van der Waals surface area (Å²) in [4.78, 5) is 23.7. The highest BCUT2D eigenvalue weighted by molar-refractivity contribution is 7.91. The molecule has 1 atom stereocenters. The Bertz CT molecular complexity index is 406. The Balaban J connectivity index is 2.45. The maximum Gasteiger partial charge on any atom is 0.407 e. The van der Waals surface area contributed by atoms with E-state index < -0.39 is 15.9 Å². The number of carbonyl (C=O) groups is 2. The van der Waals surface area contributed by atoms with E-state index in [1.165, 1.54) is 19.1 Å². The quantitative estimate of drug-likeness (QED) is 0.705. The van der Waals surface area contributed by atoms with Gasteiger partial charge in [0.2, 0.25) is 5.91 Å². The molecule has 1 unspecified atom stereocenters. The molecule has 98 valence electrons. The molecular weight excluding hydrogens is 248 g/mol. The van der Waals surface area contributed by atoms with Gasteiger partial charge in [0, 0.05) is 13.1 Å². The molecule has 1 rings (SSSR count). The molecule has 8 heteroatoms. The lowest BCUT2D eigenvalue weighted by Gasteiger charge is -2.23. The number of sulfone groups is 1. The van der Waals surface area contributed by atoms with E-state index >= 15 is 0 Å². The molecule has 0 aromatic carbocycles. The fourth-order valence-corrected chi connectivity index (χ4v) is 3.40. The molecule has 0 spiro atoms. The Hall–Kier alpha value is -1.31. The summed E-state index contributed by atoms with van der Waals surface area (Å²) in [6.07, 6.45) is -0.242.